The average molecular weight is 300 g/mol. The van der Waals surface area contributed by atoms with E-state index in [4.69, 9.17) is 16.3 Å². The zero-order chi connectivity index (χ0) is 14.6. The third-order valence-corrected chi connectivity index (χ3v) is 4.12. The Morgan fingerprint density at radius 1 is 1.50 bits per heavy atom. The van der Waals surface area contributed by atoms with Gasteiger partial charge in [-0.2, -0.15) is 0 Å². The zero-order valence-electron chi connectivity index (χ0n) is 12.8. The molecule has 1 aromatic rings. The summed E-state index contributed by atoms with van der Waals surface area (Å²) in [6, 6.07) is 0.484. The summed E-state index contributed by atoms with van der Waals surface area (Å²) in [5.74, 6) is 1.00. The SMILES string of the molecule is CCCCc1nc(Cl)c(CNC2CCOC(C)(C)C2)[nH]1. The van der Waals surface area contributed by atoms with E-state index < -0.39 is 0 Å². The number of ether oxygens (including phenoxy) is 1. The summed E-state index contributed by atoms with van der Waals surface area (Å²) >= 11 is 6.19. The minimum Gasteiger partial charge on any atom is -0.375 e. The lowest BCUT2D eigenvalue weighted by Gasteiger charge is -2.35. The molecule has 2 N–H and O–H groups in total. The zero-order valence-corrected chi connectivity index (χ0v) is 13.5. The second-order valence-corrected chi connectivity index (χ2v) is 6.59. The van der Waals surface area contributed by atoms with Gasteiger partial charge in [-0.25, -0.2) is 4.98 Å². The topological polar surface area (TPSA) is 49.9 Å². The molecule has 0 saturated carbocycles. The van der Waals surface area contributed by atoms with Crippen molar-refractivity contribution in [2.75, 3.05) is 6.61 Å². The van der Waals surface area contributed by atoms with Gasteiger partial charge in [-0.1, -0.05) is 24.9 Å². The highest BCUT2D eigenvalue weighted by atomic mass is 35.5. The lowest BCUT2D eigenvalue weighted by Crippen LogP contribution is -2.43. The van der Waals surface area contributed by atoms with E-state index in [0.29, 0.717) is 11.2 Å². The van der Waals surface area contributed by atoms with Crippen molar-refractivity contribution >= 4 is 11.6 Å². The highest BCUT2D eigenvalue weighted by Gasteiger charge is 2.28. The molecule has 1 aliphatic heterocycles. The second kappa shape index (κ2) is 6.92. The van der Waals surface area contributed by atoms with Gasteiger partial charge < -0.3 is 15.0 Å². The Hall–Kier alpha value is -0.580. The van der Waals surface area contributed by atoms with E-state index in [1.165, 1.54) is 6.42 Å². The van der Waals surface area contributed by atoms with Crippen molar-refractivity contribution in [2.24, 2.45) is 0 Å². The lowest BCUT2D eigenvalue weighted by atomic mass is 9.94. The molecular formula is C15H26ClN3O. The molecule has 1 aliphatic rings. The van der Waals surface area contributed by atoms with Crippen LogP contribution in [0.5, 0.6) is 0 Å². The fourth-order valence-electron chi connectivity index (χ4n) is 2.67. The number of H-pyrrole nitrogens is 1. The highest BCUT2D eigenvalue weighted by Crippen LogP contribution is 2.24. The normalized spacial score (nSPS) is 22.1. The maximum Gasteiger partial charge on any atom is 0.151 e. The monoisotopic (exact) mass is 299 g/mol. The Labute approximate surface area is 126 Å². The van der Waals surface area contributed by atoms with Crippen LogP contribution >= 0.6 is 11.6 Å². The number of aromatic amines is 1. The molecule has 0 radical (unpaired) electrons. The van der Waals surface area contributed by atoms with Gasteiger partial charge in [0.05, 0.1) is 11.3 Å². The number of halogens is 1. The van der Waals surface area contributed by atoms with Crippen molar-refractivity contribution in [3.63, 3.8) is 0 Å². The predicted octanol–water partition coefficient (Wildman–Crippen LogP) is 3.45. The lowest BCUT2D eigenvalue weighted by molar-refractivity contribution is -0.0630. The molecule has 0 spiro atoms. The van der Waals surface area contributed by atoms with Gasteiger partial charge in [-0.05, 0) is 33.1 Å². The molecule has 114 valence electrons. The summed E-state index contributed by atoms with van der Waals surface area (Å²) in [5, 5.41) is 4.17. The minimum absolute atomic E-state index is 0.0278. The summed E-state index contributed by atoms with van der Waals surface area (Å²) in [5.41, 5.74) is 0.974. The van der Waals surface area contributed by atoms with Gasteiger partial charge in [-0.15, -0.1) is 0 Å². The molecule has 2 rings (SSSR count). The quantitative estimate of drug-likeness (QED) is 0.846. The van der Waals surface area contributed by atoms with Gasteiger partial charge in [0, 0.05) is 25.6 Å². The van der Waals surface area contributed by atoms with Crippen molar-refractivity contribution in [2.45, 2.75) is 71.1 Å². The summed E-state index contributed by atoms with van der Waals surface area (Å²) < 4.78 is 5.73. The molecule has 0 aromatic carbocycles. The molecule has 4 nitrogen and oxygen atoms in total. The van der Waals surface area contributed by atoms with Crippen LogP contribution in [-0.4, -0.2) is 28.2 Å². The number of rotatable bonds is 6. The molecule has 20 heavy (non-hydrogen) atoms. The highest BCUT2D eigenvalue weighted by molar-refractivity contribution is 6.30. The Morgan fingerprint density at radius 2 is 2.30 bits per heavy atom. The van der Waals surface area contributed by atoms with Crippen LogP contribution in [0.2, 0.25) is 5.15 Å². The number of nitrogens with zero attached hydrogens (tertiary/aromatic N) is 1. The van der Waals surface area contributed by atoms with Crippen molar-refractivity contribution < 1.29 is 4.74 Å². The fraction of sp³-hybridized carbons (Fsp3) is 0.800. The third-order valence-electron chi connectivity index (χ3n) is 3.81. The summed E-state index contributed by atoms with van der Waals surface area (Å²) in [4.78, 5) is 7.73. The van der Waals surface area contributed by atoms with Crippen LogP contribution < -0.4 is 5.32 Å². The molecule has 1 fully saturated rings. The number of imidazole rings is 1. The molecule has 5 heteroatoms. The third kappa shape index (κ3) is 4.47. The Morgan fingerprint density at radius 3 is 3.00 bits per heavy atom. The number of hydrogen-bond acceptors (Lipinski definition) is 3. The van der Waals surface area contributed by atoms with E-state index in [0.717, 1.165) is 50.4 Å². The van der Waals surface area contributed by atoms with Gasteiger partial charge in [0.1, 0.15) is 5.82 Å². The van der Waals surface area contributed by atoms with Crippen LogP contribution in [0.1, 0.15) is 58.0 Å². The molecule has 1 atom stereocenters. The number of hydrogen-bond donors (Lipinski definition) is 2. The Balaban J connectivity index is 1.85. The van der Waals surface area contributed by atoms with Crippen LogP contribution in [0.25, 0.3) is 0 Å². The first kappa shape index (κ1) is 15.8. The molecule has 0 bridgehead atoms. The van der Waals surface area contributed by atoms with Crippen LogP contribution in [-0.2, 0) is 17.7 Å². The van der Waals surface area contributed by atoms with E-state index in [1.807, 2.05) is 0 Å². The average Bonchev–Trinajstić information content (AvgIpc) is 2.73. The van der Waals surface area contributed by atoms with Gasteiger partial charge in [0.2, 0.25) is 0 Å². The van der Waals surface area contributed by atoms with E-state index in [2.05, 4.69) is 36.1 Å². The van der Waals surface area contributed by atoms with E-state index >= 15 is 0 Å². The molecule has 2 heterocycles. The number of nitrogens with one attached hydrogen (secondary N) is 2. The van der Waals surface area contributed by atoms with Crippen LogP contribution in [0.4, 0.5) is 0 Å². The number of aryl methyl sites for hydroxylation is 1. The van der Waals surface area contributed by atoms with Crippen LogP contribution in [0.3, 0.4) is 0 Å². The molecule has 1 saturated heterocycles. The Bertz CT molecular complexity index is 431. The molecule has 0 aliphatic carbocycles. The first-order chi connectivity index (χ1) is 9.50. The maximum absolute atomic E-state index is 6.19. The molecule has 1 aromatic heterocycles. The van der Waals surface area contributed by atoms with E-state index in [-0.39, 0.29) is 5.60 Å². The maximum atomic E-state index is 6.19. The molecule has 1 unspecified atom stereocenters. The standard InChI is InChI=1S/C15H26ClN3O/c1-4-5-6-13-18-12(14(16)19-13)10-17-11-7-8-20-15(2,3)9-11/h11,17H,4-10H2,1-3H3,(H,18,19). The molecule has 0 amide bonds. The first-order valence-electron chi connectivity index (χ1n) is 7.61. The van der Waals surface area contributed by atoms with Crippen molar-refractivity contribution in [1.82, 2.24) is 15.3 Å². The largest absolute Gasteiger partial charge is 0.375 e. The molecular weight excluding hydrogens is 274 g/mol. The van der Waals surface area contributed by atoms with Gasteiger partial charge in [-0.3, -0.25) is 0 Å². The predicted molar refractivity (Wildman–Crippen MR) is 82.1 cm³/mol. The summed E-state index contributed by atoms with van der Waals surface area (Å²) in [6.45, 7) is 8.04. The van der Waals surface area contributed by atoms with Crippen molar-refractivity contribution in [1.29, 1.82) is 0 Å². The first-order valence-corrected chi connectivity index (χ1v) is 7.98. The minimum atomic E-state index is -0.0278. The number of aromatic nitrogens is 2. The van der Waals surface area contributed by atoms with Gasteiger partial charge >= 0.3 is 0 Å². The van der Waals surface area contributed by atoms with Crippen molar-refractivity contribution in [3.8, 4) is 0 Å². The van der Waals surface area contributed by atoms with Gasteiger partial charge in [0.25, 0.3) is 0 Å². The van der Waals surface area contributed by atoms with Crippen LogP contribution in [0.15, 0.2) is 0 Å². The Kier molecular flexibility index (Phi) is 5.47. The van der Waals surface area contributed by atoms with Gasteiger partial charge in [0.15, 0.2) is 5.15 Å². The van der Waals surface area contributed by atoms with Crippen molar-refractivity contribution in [3.05, 3.63) is 16.7 Å². The smallest absolute Gasteiger partial charge is 0.151 e. The fourth-order valence-corrected chi connectivity index (χ4v) is 2.89. The summed E-state index contributed by atoms with van der Waals surface area (Å²) in [6.07, 6.45) is 5.37. The van der Waals surface area contributed by atoms with E-state index in [9.17, 15) is 0 Å². The second-order valence-electron chi connectivity index (χ2n) is 6.24. The summed E-state index contributed by atoms with van der Waals surface area (Å²) in [7, 11) is 0. The van der Waals surface area contributed by atoms with E-state index in [1.54, 1.807) is 0 Å². The number of unbranched alkanes of at least 4 members (excludes halogenated alkanes) is 1. The van der Waals surface area contributed by atoms with Crippen LogP contribution in [0, 0.1) is 0 Å².